The highest BCUT2D eigenvalue weighted by Crippen LogP contribution is 2.44. The second-order valence-electron chi connectivity index (χ2n) is 8.21. The van der Waals surface area contributed by atoms with Gasteiger partial charge in [-0.2, -0.15) is 10.5 Å². The molecule has 0 bridgehead atoms. The predicted octanol–water partition coefficient (Wildman–Crippen LogP) is 4.98. The second kappa shape index (κ2) is 9.65. The molecule has 1 heterocycles. The van der Waals surface area contributed by atoms with Crippen LogP contribution in [-0.2, 0) is 6.61 Å². The number of pyridine rings is 1. The number of rotatable bonds is 6. The third-order valence-electron chi connectivity index (χ3n) is 6.05. The summed E-state index contributed by atoms with van der Waals surface area (Å²) in [5.41, 5.74) is 11.8. The number of methoxy groups -OCH3 is 1. The Bertz CT molecular complexity index is 1550. The quantitative estimate of drug-likeness (QED) is 0.505. The van der Waals surface area contributed by atoms with Crippen molar-refractivity contribution in [1.82, 2.24) is 4.98 Å². The fraction of sp³-hybridized carbons (Fsp3) is 0.143. The van der Waals surface area contributed by atoms with E-state index in [9.17, 15) is 20.4 Å². The normalized spacial score (nSPS) is 13.2. The molecule has 1 aliphatic carbocycles. The van der Waals surface area contributed by atoms with E-state index < -0.39 is 5.97 Å². The van der Waals surface area contributed by atoms with E-state index in [1.165, 1.54) is 13.2 Å². The molecule has 0 spiro atoms. The lowest BCUT2D eigenvalue weighted by molar-refractivity contribution is 0.0696. The summed E-state index contributed by atoms with van der Waals surface area (Å²) in [6.45, 7) is 3.81. The lowest BCUT2D eigenvalue weighted by atomic mass is 9.95. The first-order valence-corrected chi connectivity index (χ1v) is 11.0. The average molecular weight is 479 g/mol. The van der Waals surface area contributed by atoms with Gasteiger partial charge >= 0.3 is 5.97 Å². The molecule has 178 valence electrons. The standard InChI is InChI=1S/C28H22N4O4/c1-15-20(25-16(2)22(13-30)27(31)32-26(25)21(15)12-29)10-17-7-8-23(24(11-17)35-3)36-14-18-5-4-6-19(9-18)28(33)34/h4-11H,14H2,1-3H3,(H2,31,32)(H,33,34)/b20-10+. The number of fused-ring (bicyclic) bond motifs is 1. The van der Waals surface area contributed by atoms with Crippen LogP contribution in [0.1, 0.15) is 50.8 Å². The third-order valence-corrected chi connectivity index (χ3v) is 6.05. The van der Waals surface area contributed by atoms with Crippen molar-refractivity contribution in [2.24, 2.45) is 0 Å². The number of nitrogens with zero attached hydrogens (tertiary/aromatic N) is 3. The summed E-state index contributed by atoms with van der Waals surface area (Å²) >= 11 is 0. The number of anilines is 1. The highest BCUT2D eigenvalue weighted by molar-refractivity contribution is 6.08. The SMILES string of the molecule is COc1cc(/C=C2\C(C)=C(C#N)c3nc(N)c(C#N)c(C)c32)ccc1OCc1cccc(C(=O)O)c1. The Labute approximate surface area is 208 Å². The predicted molar refractivity (Wildman–Crippen MR) is 135 cm³/mol. The van der Waals surface area contributed by atoms with E-state index in [-0.39, 0.29) is 18.0 Å². The summed E-state index contributed by atoms with van der Waals surface area (Å²) in [7, 11) is 1.53. The molecule has 8 nitrogen and oxygen atoms in total. The van der Waals surface area contributed by atoms with Gasteiger partial charge in [-0.05, 0) is 72.0 Å². The Morgan fingerprint density at radius 1 is 1.14 bits per heavy atom. The maximum atomic E-state index is 11.2. The van der Waals surface area contributed by atoms with Crippen molar-refractivity contribution in [3.63, 3.8) is 0 Å². The van der Waals surface area contributed by atoms with Crippen molar-refractivity contribution in [3.05, 3.63) is 87.1 Å². The molecule has 36 heavy (non-hydrogen) atoms. The van der Waals surface area contributed by atoms with E-state index in [1.807, 2.05) is 19.1 Å². The van der Waals surface area contributed by atoms with E-state index in [0.717, 1.165) is 16.7 Å². The number of nitrogen functional groups attached to an aromatic ring is 1. The molecule has 0 amide bonds. The number of allylic oxidation sites excluding steroid dienone is 3. The molecule has 8 heteroatoms. The summed E-state index contributed by atoms with van der Waals surface area (Å²) in [6, 6.07) is 16.3. The molecule has 0 unspecified atom stereocenters. The van der Waals surface area contributed by atoms with Gasteiger partial charge in [0.2, 0.25) is 0 Å². The van der Waals surface area contributed by atoms with Crippen LogP contribution in [0.3, 0.4) is 0 Å². The lowest BCUT2D eigenvalue weighted by Gasteiger charge is -2.13. The number of carboxylic acid groups (broad SMARTS) is 1. The van der Waals surface area contributed by atoms with Crippen LogP contribution in [0.15, 0.2) is 48.0 Å². The van der Waals surface area contributed by atoms with E-state index in [0.29, 0.717) is 45.0 Å². The molecule has 1 aromatic heterocycles. The molecule has 1 aliphatic rings. The van der Waals surface area contributed by atoms with Crippen LogP contribution in [0.4, 0.5) is 5.82 Å². The van der Waals surface area contributed by atoms with Gasteiger partial charge < -0.3 is 20.3 Å². The topological polar surface area (TPSA) is 142 Å². The molecule has 0 atom stereocenters. The van der Waals surface area contributed by atoms with E-state index in [1.54, 1.807) is 37.3 Å². The molecular weight excluding hydrogens is 456 g/mol. The van der Waals surface area contributed by atoms with Crippen LogP contribution in [0.5, 0.6) is 11.5 Å². The van der Waals surface area contributed by atoms with Gasteiger partial charge in [-0.3, -0.25) is 0 Å². The number of hydrogen-bond donors (Lipinski definition) is 2. The van der Waals surface area contributed by atoms with Gasteiger partial charge in [0.1, 0.15) is 24.6 Å². The van der Waals surface area contributed by atoms with Crippen molar-refractivity contribution in [2.45, 2.75) is 20.5 Å². The number of nitriles is 2. The van der Waals surface area contributed by atoms with Crippen molar-refractivity contribution in [2.75, 3.05) is 12.8 Å². The second-order valence-corrected chi connectivity index (χ2v) is 8.21. The van der Waals surface area contributed by atoms with Gasteiger partial charge in [0.05, 0.1) is 29.5 Å². The van der Waals surface area contributed by atoms with Gasteiger partial charge in [0, 0.05) is 5.56 Å². The number of aromatic nitrogens is 1. The molecule has 4 rings (SSSR count). The van der Waals surface area contributed by atoms with Gasteiger partial charge in [-0.15, -0.1) is 0 Å². The third kappa shape index (κ3) is 4.24. The first-order valence-electron chi connectivity index (χ1n) is 11.0. The summed E-state index contributed by atoms with van der Waals surface area (Å²) < 4.78 is 11.4. The van der Waals surface area contributed by atoms with Crippen LogP contribution < -0.4 is 15.2 Å². The number of benzene rings is 2. The number of hydrogen-bond acceptors (Lipinski definition) is 7. The molecule has 2 aromatic carbocycles. The van der Waals surface area contributed by atoms with Crippen molar-refractivity contribution in [1.29, 1.82) is 10.5 Å². The molecule has 0 saturated heterocycles. The van der Waals surface area contributed by atoms with Crippen LogP contribution in [0.2, 0.25) is 0 Å². The number of carboxylic acids is 1. The highest BCUT2D eigenvalue weighted by atomic mass is 16.5. The largest absolute Gasteiger partial charge is 0.493 e. The van der Waals surface area contributed by atoms with Crippen LogP contribution in [0.25, 0.3) is 17.2 Å². The zero-order chi connectivity index (χ0) is 26.0. The highest BCUT2D eigenvalue weighted by Gasteiger charge is 2.29. The Kier molecular flexibility index (Phi) is 6.45. The van der Waals surface area contributed by atoms with E-state index >= 15 is 0 Å². The van der Waals surface area contributed by atoms with Crippen molar-refractivity contribution in [3.8, 4) is 23.6 Å². The zero-order valence-corrected chi connectivity index (χ0v) is 19.9. The lowest BCUT2D eigenvalue weighted by Crippen LogP contribution is -2.03. The minimum Gasteiger partial charge on any atom is -0.493 e. The van der Waals surface area contributed by atoms with Crippen molar-refractivity contribution < 1.29 is 19.4 Å². The minimum atomic E-state index is -1.00. The van der Waals surface area contributed by atoms with E-state index in [2.05, 4.69) is 17.1 Å². The molecule has 3 aromatic rings. The Hall–Kier alpha value is -5.08. The van der Waals surface area contributed by atoms with Gasteiger partial charge in [-0.1, -0.05) is 18.2 Å². The smallest absolute Gasteiger partial charge is 0.335 e. The van der Waals surface area contributed by atoms with Gasteiger partial charge in [-0.25, -0.2) is 9.78 Å². The fourth-order valence-corrected chi connectivity index (χ4v) is 4.21. The number of aromatic carboxylic acids is 1. The summed E-state index contributed by atoms with van der Waals surface area (Å²) in [4.78, 5) is 15.6. The molecular formula is C28H22N4O4. The first kappa shape index (κ1) is 24.1. The van der Waals surface area contributed by atoms with Gasteiger partial charge in [0.15, 0.2) is 11.5 Å². The van der Waals surface area contributed by atoms with Crippen LogP contribution >= 0.6 is 0 Å². The monoisotopic (exact) mass is 478 g/mol. The van der Waals surface area contributed by atoms with Crippen LogP contribution in [-0.4, -0.2) is 23.2 Å². The first-order chi connectivity index (χ1) is 17.3. The minimum absolute atomic E-state index is 0.104. The average Bonchev–Trinajstić information content (AvgIpc) is 3.13. The summed E-state index contributed by atoms with van der Waals surface area (Å²) in [5, 5.41) is 28.5. The Balaban J connectivity index is 1.70. The molecule has 3 N–H and O–H groups in total. The Morgan fingerprint density at radius 2 is 1.92 bits per heavy atom. The summed E-state index contributed by atoms with van der Waals surface area (Å²) in [6.07, 6.45) is 1.91. The maximum absolute atomic E-state index is 11.2. The molecule has 0 saturated carbocycles. The molecule has 0 radical (unpaired) electrons. The fourth-order valence-electron chi connectivity index (χ4n) is 4.21. The maximum Gasteiger partial charge on any atom is 0.335 e. The number of nitrogens with two attached hydrogens (primary N) is 1. The summed E-state index contributed by atoms with van der Waals surface area (Å²) in [5.74, 6) is 0.0883. The van der Waals surface area contributed by atoms with Crippen molar-refractivity contribution >= 4 is 29.0 Å². The zero-order valence-electron chi connectivity index (χ0n) is 19.9. The molecule has 0 fully saturated rings. The van der Waals surface area contributed by atoms with Crippen LogP contribution in [0, 0.1) is 29.6 Å². The number of carbonyl (C=O) groups is 1. The van der Waals surface area contributed by atoms with Gasteiger partial charge in [0.25, 0.3) is 0 Å². The number of ether oxygens (including phenoxy) is 2. The van der Waals surface area contributed by atoms with E-state index in [4.69, 9.17) is 15.2 Å². The molecule has 0 aliphatic heterocycles. The Morgan fingerprint density at radius 3 is 2.58 bits per heavy atom.